The van der Waals surface area contributed by atoms with Crippen LogP contribution in [0.5, 0.6) is 5.75 Å². The van der Waals surface area contributed by atoms with Crippen LogP contribution in [0.2, 0.25) is 0 Å². The number of amides is 1. The van der Waals surface area contributed by atoms with Gasteiger partial charge in [0.1, 0.15) is 10.6 Å². The van der Waals surface area contributed by atoms with E-state index in [1.807, 2.05) is 0 Å². The van der Waals surface area contributed by atoms with Crippen LogP contribution in [0.1, 0.15) is 22.5 Å². The zero-order valence-electron chi connectivity index (χ0n) is 13.4. The van der Waals surface area contributed by atoms with E-state index < -0.39 is 10.0 Å². The predicted molar refractivity (Wildman–Crippen MR) is 96.4 cm³/mol. The molecule has 0 radical (unpaired) electrons. The van der Waals surface area contributed by atoms with Crippen molar-refractivity contribution in [2.45, 2.75) is 17.7 Å². The quantitative estimate of drug-likeness (QED) is 0.782. The van der Waals surface area contributed by atoms with Crippen LogP contribution >= 0.6 is 15.9 Å². The summed E-state index contributed by atoms with van der Waals surface area (Å²) >= 11 is 3.26. The number of carbonyl (C=O) groups is 1. The Labute approximate surface area is 154 Å². The number of nitrogens with one attached hydrogen (secondary N) is 2. The smallest absolute Gasteiger partial charge is 0.265 e. The van der Waals surface area contributed by atoms with Crippen molar-refractivity contribution in [1.29, 1.82) is 0 Å². The van der Waals surface area contributed by atoms with E-state index in [0.717, 1.165) is 6.42 Å². The van der Waals surface area contributed by atoms with Gasteiger partial charge in [0, 0.05) is 11.0 Å². The van der Waals surface area contributed by atoms with Crippen LogP contribution in [0.15, 0.2) is 39.8 Å². The number of anilines is 1. The largest absolute Gasteiger partial charge is 0.495 e. The molecule has 0 fully saturated rings. The Balaban J connectivity index is 1.97. The average Bonchev–Trinajstić information content (AvgIpc) is 2.76. The molecule has 3 rings (SSSR count). The number of pyridine rings is 1. The summed E-state index contributed by atoms with van der Waals surface area (Å²) in [5.74, 6) is -0.0303. The molecule has 2 heterocycles. The number of fused-ring (bicyclic) bond motifs is 1. The van der Waals surface area contributed by atoms with Gasteiger partial charge in [0.25, 0.3) is 15.9 Å². The van der Waals surface area contributed by atoms with Crippen molar-refractivity contribution in [3.8, 4) is 5.75 Å². The number of hydrogen-bond acceptors (Lipinski definition) is 5. The number of aromatic nitrogens is 1. The first-order chi connectivity index (χ1) is 11.9. The van der Waals surface area contributed by atoms with Crippen molar-refractivity contribution in [2.75, 3.05) is 18.4 Å². The summed E-state index contributed by atoms with van der Waals surface area (Å²) in [5.41, 5.74) is 1.27. The molecule has 0 saturated heterocycles. The van der Waals surface area contributed by atoms with Gasteiger partial charge in [-0.1, -0.05) is 15.9 Å². The highest BCUT2D eigenvalue weighted by Crippen LogP contribution is 2.29. The van der Waals surface area contributed by atoms with Crippen molar-refractivity contribution in [2.24, 2.45) is 0 Å². The molecule has 0 atom stereocenters. The number of aryl methyl sites for hydroxylation is 1. The number of rotatable bonds is 4. The third-order valence-electron chi connectivity index (χ3n) is 3.76. The third kappa shape index (κ3) is 3.77. The summed E-state index contributed by atoms with van der Waals surface area (Å²) in [6.07, 6.45) is 2.88. The molecule has 25 heavy (non-hydrogen) atoms. The number of benzene rings is 1. The summed E-state index contributed by atoms with van der Waals surface area (Å²) < 4.78 is 33.6. The molecular weight excluding hydrogens is 410 g/mol. The first kappa shape index (κ1) is 17.7. The Morgan fingerprint density at radius 1 is 1.32 bits per heavy atom. The molecule has 1 aliphatic rings. The minimum atomic E-state index is -3.91. The monoisotopic (exact) mass is 425 g/mol. The molecule has 2 N–H and O–H groups in total. The number of hydrogen-bond donors (Lipinski definition) is 2. The first-order valence-electron chi connectivity index (χ1n) is 7.54. The summed E-state index contributed by atoms with van der Waals surface area (Å²) in [6, 6.07) is 6.20. The minimum absolute atomic E-state index is 0.0104. The van der Waals surface area contributed by atoms with Gasteiger partial charge in [-0.15, -0.1) is 0 Å². The molecule has 9 heteroatoms. The molecule has 132 valence electrons. The molecule has 7 nitrogen and oxygen atoms in total. The maximum absolute atomic E-state index is 12.7. The maximum atomic E-state index is 12.7. The topological polar surface area (TPSA) is 97.4 Å². The molecule has 1 amide bonds. The molecule has 0 unspecified atom stereocenters. The van der Waals surface area contributed by atoms with Gasteiger partial charge in [0.15, 0.2) is 0 Å². The van der Waals surface area contributed by atoms with Gasteiger partial charge < -0.3 is 10.1 Å². The Bertz CT molecular complexity index is 931. The highest BCUT2D eigenvalue weighted by molar-refractivity contribution is 9.10. The van der Waals surface area contributed by atoms with E-state index in [4.69, 9.17) is 4.74 Å². The minimum Gasteiger partial charge on any atom is -0.495 e. The molecule has 0 aliphatic carbocycles. The normalized spacial score (nSPS) is 14.2. The number of sulfonamides is 1. The summed E-state index contributed by atoms with van der Waals surface area (Å²) in [6.45, 7) is 0.575. The van der Waals surface area contributed by atoms with E-state index in [2.05, 4.69) is 31.0 Å². The lowest BCUT2D eigenvalue weighted by Gasteiger charge is -2.13. The Hall–Kier alpha value is -2.13. The summed E-state index contributed by atoms with van der Waals surface area (Å²) in [4.78, 5) is 16.3. The average molecular weight is 426 g/mol. The highest BCUT2D eigenvalue weighted by Gasteiger charge is 2.22. The van der Waals surface area contributed by atoms with Crippen LogP contribution in [0.25, 0.3) is 0 Å². The molecule has 1 aromatic carbocycles. The first-order valence-corrected chi connectivity index (χ1v) is 9.82. The molecule has 1 aliphatic heterocycles. The highest BCUT2D eigenvalue weighted by atomic mass is 79.9. The van der Waals surface area contributed by atoms with Gasteiger partial charge in [-0.05, 0) is 37.1 Å². The van der Waals surface area contributed by atoms with E-state index in [1.165, 1.54) is 25.4 Å². The SMILES string of the molecule is COc1ccc(Br)cc1S(=O)(=O)Nc1cnc2c(c1)C(=O)NCCC2. The summed E-state index contributed by atoms with van der Waals surface area (Å²) in [7, 11) is -2.51. The number of halogens is 1. The Kier molecular flexibility index (Phi) is 4.96. The van der Waals surface area contributed by atoms with Gasteiger partial charge in [-0.3, -0.25) is 14.5 Å². The van der Waals surface area contributed by atoms with Crippen LogP contribution in [-0.4, -0.2) is 33.0 Å². The lowest BCUT2D eigenvalue weighted by molar-refractivity contribution is 0.0956. The number of methoxy groups -OCH3 is 1. The van der Waals surface area contributed by atoms with Crippen LogP contribution in [0, 0.1) is 0 Å². The van der Waals surface area contributed by atoms with E-state index in [-0.39, 0.29) is 22.2 Å². The predicted octanol–water partition coefficient (Wildman–Crippen LogP) is 2.33. The van der Waals surface area contributed by atoms with Crippen molar-refractivity contribution < 1.29 is 17.9 Å². The Morgan fingerprint density at radius 3 is 2.88 bits per heavy atom. The molecule has 0 spiro atoms. The second-order valence-corrected chi connectivity index (χ2v) is 8.04. The molecule has 2 aromatic rings. The maximum Gasteiger partial charge on any atom is 0.265 e. The third-order valence-corrected chi connectivity index (χ3v) is 5.65. The number of ether oxygens (including phenoxy) is 1. The standard InChI is InChI=1S/C16H16BrN3O4S/c1-24-14-5-4-10(17)7-15(14)25(22,23)20-11-8-12-13(19-9-11)3-2-6-18-16(12)21/h4-5,7-9,20H,2-3,6H2,1H3,(H,18,21). The van der Waals surface area contributed by atoms with Gasteiger partial charge in [-0.2, -0.15) is 0 Å². The van der Waals surface area contributed by atoms with Gasteiger partial charge >= 0.3 is 0 Å². The lowest BCUT2D eigenvalue weighted by Crippen LogP contribution is -2.23. The molecule has 1 aromatic heterocycles. The molecule has 0 saturated carbocycles. The second kappa shape index (κ2) is 7.01. The van der Waals surface area contributed by atoms with E-state index in [9.17, 15) is 13.2 Å². The van der Waals surface area contributed by atoms with Gasteiger partial charge in [0.2, 0.25) is 0 Å². The fraction of sp³-hybridized carbons (Fsp3) is 0.250. The van der Waals surface area contributed by atoms with Crippen LogP contribution in [0.4, 0.5) is 5.69 Å². The molecule has 0 bridgehead atoms. The van der Waals surface area contributed by atoms with Crippen molar-refractivity contribution in [1.82, 2.24) is 10.3 Å². The fourth-order valence-electron chi connectivity index (χ4n) is 2.57. The summed E-state index contributed by atoms with van der Waals surface area (Å²) in [5, 5.41) is 2.77. The lowest BCUT2D eigenvalue weighted by atomic mass is 10.1. The number of nitrogens with zero attached hydrogens (tertiary/aromatic N) is 1. The molecular formula is C16H16BrN3O4S. The van der Waals surface area contributed by atoms with Gasteiger partial charge in [0.05, 0.1) is 30.3 Å². The number of carbonyl (C=O) groups excluding carboxylic acids is 1. The van der Waals surface area contributed by atoms with Crippen molar-refractivity contribution >= 4 is 37.5 Å². The van der Waals surface area contributed by atoms with Crippen LogP contribution in [-0.2, 0) is 16.4 Å². The second-order valence-electron chi connectivity index (χ2n) is 5.48. The van der Waals surface area contributed by atoms with Crippen molar-refractivity contribution in [3.63, 3.8) is 0 Å². The van der Waals surface area contributed by atoms with Crippen molar-refractivity contribution in [3.05, 3.63) is 46.2 Å². The van der Waals surface area contributed by atoms with Crippen LogP contribution < -0.4 is 14.8 Å². The van der Waals surface area contributed by atoms with E-state index in [0.29, 0.717) is 28.7 Å². The van der Waals surface area contributed by atoms with Crippen LogP contribution in [0.3, 0.4) is 0 Å². The fourth-order valence-corrected chi connectivity index (χ4v) is 4.31. The van der Waals surface area contributed by atoms with Gasteiger partial charge in [-0.25, -0.2) is 8.42 Å². The van der Waals surface area contributed by atoms with E-state index >= 15 is 0 Å². The zero-order chi connectivity index (χ0) is 18.0. The Morgan fingerprint density at radius 2 is 2.12 bits per heavy atom. The zero-order valence-corrected chi connectivity index (χ0v) is 15.8. The van der Waals surface area contributed by atoms with E-state index in [1.54, 1.807) is 12.1 Å².